The van der Waals surface area contributed by atoms with Gasteiger partial charge in [0.15, 0.2) is 0 Å². The largest absolute Gasteiger partial charge is 0.383 e. The molecule has 100 valence electrons. The number of carbonyl (C=O) groups is 1. The molecule has 2 aromatic rings. The molecule has 0 unspecified atom stereocenters. The van der Waals surface area contributed by atoms with Crippen molar-refractivity contribution in [2.45, 2.75) is 6.92 Å². The summed E-state index contributed by atoms with van der Waals surface area (Å²) in [6, 6.07) is 11.4. The number of hydrogen-bond donors (Lipinski definition) is 1. The Kier molecular flexibility index (Phi) is 4.30. The van der Waals surface area contributed by atoms with Gasteiger partial charge in [-0.15, -0.1) is 0 Å². The maximum absolute atomic E-state index is 12.1. The molecule has 19 heavy (non-hydrogen) atoms. The average Bonchev–Trinajstić information content (AvgIpc) is 2.82. The number of carbonyl (C=O) groups excluding carboxylic acids is 1. The second kappa shape index (κ2) is 6.15. The molecular formula is C14H17N3O2. The van der Waals surface area contributed by atoms with E-state index in [4.69, 9.17) is 4.74 Å². The summed E-state index contributed by atoms with van der Waals surface area (Å²) >= 11 is 0. The van der Waals surface area contributed by atoms with Crippen LogP contribution < -0.4 is 5.32 Å². The van der Waals surface area contributed by atoms with Crippen molar-refractivity contribution in [3.8, 4) is 5.69 Å². The van der Waals surface area contributed by atoms with Gasteiger partial charge in [-0.25, -0.2) is 4.68 Å². The molecule has 0 saturated heterocycles. The molecule has 0 bridgehead atoms. The Morgan fingerprint density at radius 3 is 2.79 bits per heavy atom. The highest BCUT2D eigenvalue weighted by molar-refractivity contribution is 5.93. The summed E-state index contributed by atoms with van der Waals surface area (Å²) in [7, 11) is 1.60. The quantitative estimate of drug-likeness (QED) is 0.829. The van der Waals surface area contributed by atoms with Crippen molar-refractivity contribution >= 4 is 5.91 Å². The van der Waals surface area contributed by atoms with Crippen LogP contribution in [-0.4, -0.2) is 35.9 Å². The number of aromatic nitrogens is 2. The number of hydrogen-bond acceptors (Lipinski definition) is 3. The molecule has 0 aliphatic carbocycles. The average molecular weight is 259 g/mol. The number of methoxy groups -OCH3 is 1. The molecule has 1 heterocycles. The van der Waals surface area contributed by atoms with Gasteiger partial charge in [-0.05, 0) is 25.1 Å². The van der Waals surface area contributed by atoms with Crippen LogP contribution in [0.3, 0.4) is 0 Å². The first kappa shape index (κ1) is 13.3. The van der Waals surface area contributed by atoms with Crippen LogP contribution in [-0.2, 0) is 4.74 Å². The number of rotatable bonds is 5. The van der Waals surface area contributed by atoms with Crippen LogP contribution in [0.15, 0.2) is 36.4 Å². The predicted molar refractivity (Wildman–Crippen MR) is 72.5 cm³/mol. The van der Waals surface area contributed by atoms with Crippen LogP contribution in [0.2, 0.25) is 0 Å². The molecule has 0 radical (unpaired) electrons. The minimum Gasteiger partial charge on any atom is -0.383 e. The standard InChI is InChI=1S/C14H17N3O2/c1-11-10-13(14(18)15-8-9-19-2)17(16-11)12-6-4-3-5-7-12/h3-7,10H,8-9H2,1-2H3,(H,15,18). The van der Waals surface area contributed by atoms with Crippen molar-refractivity contribution in [2.75, 3.05) is 20.3 Å². The zero-order valence-electron chi connectivity index (χ0n) is 11.1. The van der Waals surface area contributed by atoms with Crippen molar-refractivity contribution in [1.82, 2.24) is 15.1 Å². The van der Waals surface area contributed by atoms with Gasteiger partial charge in [0.2, 0.25) is 0 Å². The summed E-state index contributed by atoms with van der Waals surface area (Å²) in [5.74, 6) is -0.151. The Morgan fingerprint density at radius 1 is 1.37 bits per heavy atom. The number of amides is 1. The fraction of sp³-hybridized carbons (Fsp3) is 0.286. The van der Waals surface area contributed by atoms with E-state index in [2.05, 4.69) is 10.4 Å². The number of ether oxygens (including phenoxy) is 1. The zero-order valence-corrected chi connectivity index (χ0v) is 11.1. The lowest BCUT2D eigenvalue weighted by Gasteiger charge is -2.07. The van der Waals surface area contributed by atoms with E-state index in [1.807, 2.05) is 37.3 Å². The third-order valence-corrected chi connectivity index (χ3v) is 2.66. The summed E-state index contributed by atoms with van der Waals surface area (Å²) in [4.78, 5) is 12.1. The molecule has 1 aromatic heterocycles. The summed E-state index contributed by atoms with van der Waals surface area (Å²) in [6.07, 6.45) is 0. The van der Waals surface area contributed by atoms with Crippen LogP contribution >= 0.6 is 0 Å². The summed E-state index contributed by atoms with van der Waals surface area (Å²) in [6.45, 7) is 2.84. The lowest BCUT2D eigenvalue weighted by Crippen LogP contribution is -2.28. The van der Waals surface area contributed by atoms with E-state index in [0.717, 1.165) is 11.4 Å². The maximum Gasteiger partial charge on any atom is 0.270 e. The Balaban J connectivity index is 2.24. The lowest BCUT2D eigenvalue weighted by molar-refractivity contribution is 0.0929. The molecule has 0 aliphatic rings. The Hall–Kier alpha value is -2.14. The fourth-order valence-corrected chi connectivity index (χ4v) is 1.78. The number of para-hydroxylation sites is 1. The lowest BCUT2D eigenvalue weighted by atomic mass is 10.3. The van der Waals surface area contributed by atoms with Gasteiger partial charge in [-0.3, -0.25) is 4.79 Å². The van der Waals surface area contributed by atoms with Crippen molar-refractivity contribution < 1.29 is 9.53 Å². The molecule has 1 aromatic carbocycles. The van der Waals surface area contributed by atoms with Gasteiger partial charge in [0, 0.05) is 13.7 Å². The Bertz CT molecular complexity index is 549. The van der Waals surface area contributed by atoms with E-state index in [0.29, 0.717) is 18.8 Å². The first-order chi connectivity index (χ1) is 9.22. The molecule has 0 aliphatic heterocycles. The van der Waals surface area contributed by atoms with E-state index < -0.39 is 0 Å². The first-order valence-corrected chi connectivity index (χ1v) is 6.11. The summed E-state index contributed by atoms with van der Waals surface area (Å²) < 4.78 is 6.56. The molecule has 5 nitrogen and oxygen atoms in total. The highest BCUT2D eigenvalue weighted by Crippen LogP contribution is 2.12. The fourth-order valence-electron chi connectivity index (χ4n) is 1.78. The van der Waals surface area contributed by atoms with E-state index >= 15 is 0 Å². The minimum absolute atomic E-state index is 0.151. The number of nitrogens with one attached hydrogen (secondary N) is 1. The van der Waals surface area contributed by atoms with Crippen LogP contribution in [0, 0.1) is 6.92 Å². The molecular weight excluding hydrogens is 242 g/mol. The Labute approximate surface area is 112 Å². The predicted octanol–water partition coefficient (Wildman–Crippen LogP) is 1.56. The topological polar surface area (TPSA) is 56.1 Å². The minimum atomic E-state index is -0.151. The van der Waals surface area contributed by atoms with Crippen molar-refractivity contribution in [3.63, 3.8) is 0 Å². The number of nitrogens with zero attached hydrogens (tertiary/aromatic N) is 2. The van der Waals surface area contributed by atoms with Gasteiger partial charge in [-0.2, -0.15) is 5.10 Å². The second-order valence-corrected chi connectivity index (χ2v) is 4.17. The van der Waals surface area contributed by atoms with E-state index in [1.54, 1.807) is 17.9 Å². The summed E-state index contributed by atoms with van der Waals surface area (Å²) in [5, 5.41) is 7.15. The molecule has 1 N–H and O–H groups in total. The number of benzene rings is 1. The highest BCUT2D eigenvalue weighted by atomic mass is 16.5. The summed E-state index contributed by atoms with van der Waals surface area (Å²) in [5.41, 5.74) is 2.20. The van der Waals surface area contributed by atoms with E-state index in [-0.39, 0.29) is 5.91 Å². The van der Waals surface area contributed by atoms with Gasteiger partial charge >= 0.3 is 0 Å². The van der Waals surface area contributed by atoms with Gasteiger partial charge in [0.1, 0.15) is 5.69 Å². The van der Waals surface area contributed by atoms with Crippen molar-refractivity contribution in [3.05, 3.63) is 47.8 Å². The molecule has 0 spiro atoms. The van der Waals surface area contributed by atoms with Crippen LogP contribution in [0.1, 0.15) is 16.2 Å². The first-order valence-electron chi connectivity index (χ1n) is 6.11. The molecule has 5 heteroatoms. The number of aryl methyl sites for hydroxylation is 1. The monoisotopic (exact) mass is 259 g/mol. The smallest absolute Gasteiger partial charge is 0.270 e. The molecule has 0 atom stereocenters. The van der Waals surface area contributed by atoms with Crippen molar-refractivity contribution in [2.24, 2.45) is 0 Å². The normalized spacial score (nSPS) is 10.4. The van der Waals surface area contributed by atoms with Gasteiger partial charge in [0.25, 0.3) is 5.91 Å². The van der Waals surface area contributed by atoms with Gasteiger partial charge in [0.05, 0.1) is 18.0 Å². The molecule has 1 amide bonds. The van der Waals surface area contributed by atoms with Crippen molar-refractivity contribution in [1.29, 1.82) is 0 Å². The maximum atomic E-state index is 12.1. The Morgan fingerprint density at radius 2 is 2.11 bits per heavy atom. The zero-order chi connectivity index (χ0) is 13.7. The molecule has 0 saturated carbocycles. The van der Waals surface area contributed by atoms with Gasteiger partial charge in [-0.1, -0.05) is 18.2 Å². The van der Waals surface area contributed by atoms with Crippen LogP contribution in [0.5, 0.6) is 0 Å². The van der Waals surface area contributed by atoms with Gasteiger partial charge < -0.3 is 10.1 Å². The van der Waals surface area contributed by atoms with Crippen LogP contribution in [0.4, 0.5) is 0 Å². The van der Waals surface area contributed by atoms with E-state index in [1.165, 1.54) is 0 Å². The SMILES string of the molecule is COCCNC(=O)c1cc(C)nn1-c1ccccc1. The molecule has 0 fully saturated rings. The highest BCUT2D eigenvalue weighted by Gasteiger charge is 2.14. The third-order valence-electron chi connectivity index (χ3n) is 2.66. The molecule has 2 rings (SSSR count). The van der Waals surface area contributed by atoms with E-state index in [9.17, 15) is 4.79 Å². The third kappa shape index (κ3) is 3.20. The van der Waals surface area contributed by atoms with Crippen LogP contribution in [0.25, 0.3) is 5.69 Å². The second-order valence-electron chi connectivity index (χ2n) is 4.17.